The van der Waals surface area contributed by atoms with Crippen molar-refractivity contribution in [2.24, 2.45) is 5.92 Å². The van der Waals surface area contributed by atoms with Crippen LogP contribution in [0.3, 0.4) is 0 Å². The summed E-state index contributed by atoms with van der Waals surface area (Å²) in [7, 11) is 0. The molecule has 0 saturated heterocycles. The largest absolute Gasteiger partial charge is 0.370 e. The molecule has 4 nitrogen and oxygen atoms in total. The molecule has 0 bridgehead atoms. The molecule has 0 aliphatic rings. The van der Waals surface area contributed by atoms with E-state index in [1.165, 1.54) is 0 Å². The van der Waals surface area contributed by atoms with E-state index in [9.17, 15) is 4.79 Å². The van der Waals surface area contributed by atoms with Crippen molar-refractivity contribution in [1.29, 1.82) is 0 Å². The molecule has 0 aliphatic carbocycles. The Morgan fingerprint density at radius 1 is 1.33 bits per heavy atom. The predicted molar refractivity (Wildman–Crippen MR) is 61.8 cm³/mol. The summed E-state index contributed by atoms with van der Waals surface area (Å²) in [6.07, 6.45) is 1.02. The summed E-state index contributed by atoms with van der Waals surface area (Å²) in [4.78, 5) is 11.2. The van der Waals surface area contributed by atoms with Gasteiger partial charge in [0.25, 0.3) is 0 Å². The van der Waals surface area contributed by atoms with Crippen molar-refractivity contribution in [3.8, 4) is 0 Å². The van der Waals surface area contributed by atoms with Crippen LogP contribution in [0.2, 0.25) is 0 Å². The molecule has 0 aliphatic heterocycles. The minimum Gasteiger partial charge on any atom is -0.370 e. The molecule has 15 heavy (non-hydrogen) atoms. The molecule has 0 aromatic heterocycles. The molecule has 0 radical (unpaired) electrons. The second-order valence-electron chi connectivity index (χ2n) is 3.94. The van der Waals surface area contributed by atoms with E-state index in [1.807, 2.05) is 6.92 Å². The Morgan fingerprint density at radius 2 is 2.07 bits per heavy atom. The molecule has 0 aromatic carbocycles. The van der Waals surface area contributed by atoms with Crippen LogP contribution < -0.4 is 10.6 Å². The Morgan fingerprint density at radius 3 is 2.67 bits per heavy atom. The van der Waals surface area contributed by atoms with Crippen LogP contribution >= 0.6 is 0 Å². The number of amides is 1. The summed E-state index contributed by atoms with van der Waals surface area (Å²) in [6, 6.07) is 0. The van der Waals surface area contributed by atoms with Crippen molar-refractivity contribution in [2.75, 3.05) is 32.8 Å². The van der Waals surface area contributed by atoms with Gasteiger partial charge in [-0.15, -0.1) is 0 Å². The van der Waals surface area contributed by atoms with Crippen LogP contribution in [0.25, 0.3) is 0 Å². The van der Waals surface area contributed by atoms with E-state index in [0.717, 1.165) is 26.1 Å². The minimum absolute atomic E-state index is 0.0212. The van der Waals surface area contributed by atoms with E-state index >= 15 is 0 Å². The van der Waals surface area contributed by atoms with Gasteiger partial charge in [-0.25, -0.2) is 0 Å². The predicted octanol–water partition coefficient (Wildman–Crippen LogP) is 0.775. The molecule has 90 valence electrons. The van der Waals surface area contributed by atoms with Crippen molar-refractivity contribution in [3.63, 3.8) is 0 Å². The van der Waals surface area contributed by atoms with Crippen molar-refractivity contribution in [1.82, 2.24) is 10.6 Å². The van der Waals surface area contributed by atoms with Crippen LogP contribution in [0.15, 0.2) is 0 Å². The molecule has 0 aromatic rings. The molecule has 0 spiro atoms. The van der Waals surface area contributed by atoms with Gasteiger partial charge in [-0.2, -0.15) is 0 Å². The maximum Gasteiger partial charge on any atom is 0.245 e. The van der Waals surface area contributed by atoms with E-state index in [0.29, 0.717) is 12.5 Å². The van der Waals surface area contributed by atoms with Crippen molar-refractivity contribution < 1.29 is 9.53 Å². The van der Waals surface area contributed by atoms with Crippen LogP contribution in [0.4, 0.5) is 0 Å². The molecule has 0 fully saturated rings. The molecular formula is C11H24N2O2. The van der Waals surface area contributed by atoms with Crippen molar-refractivity contribution in [2.45, 2.75) is 27.2 Å². The Hall–Kier alpha value is -0.610. The van der Waals surface area contributed by atoms with Gasteiger partial charge in [0, 0.05) is 13.1 Å². The molecule has 0 atom stereocenters. The topological polar surface area (TPSA) is 50.4 Å². The number of rotatable bonds is 9. The first kappa shape index (κ1) is 14.4. The van der Waals surface area contributed by atoms with E-state index < -0.39 is 0 Å². The molecule has 0 heterocycles. The number of hydrogen-bond acceptors (Lipinski definition) is 3. The minimum atomic E-state index is -0.0212. The van der Waals surface area contributed by atoms with Gasteiger partial charge in [0.2, 0.25) is 5.91 Å². The lowest BCUT2D eigenvalue weighted by Gasteiger charge is -2.07. The number of likely N-dealkylation sites (N-methyl/N-ethyl adjacent to an activating group) is 1. The summed E-state index contributed by atoms with van der Waals surface area (Å²) in [6.45, 7) is 9.55. The zero-order valence-electron chi connectivity index (χ0n) is 10.1. The SMILES string of the molecule is CCNCCOCC(=O)NCCC(C)C. The molecule has 1 amide bonds. The van der Waals surface area contributed by atoms with E-state index in [4.69, 9.17) is 4.74 Å². The smallest absolute Gasteiger partial charge is 0.245 e. The molecule has 4 heteroatoms. The molecule has 2 N–H and O–H groups in total. The van der Waals surface area contributed by atoms with Gasteiger partial charge in [-0.05, 0) is 18.9 Å². The van der Waals surface area contributed by atoms with E-state index in [2.05, 4.69) is 24.5 Å². The zero-order chi connectivity index (χ0) is 11.5. The van der Waals surface area contributed by atoms with Gasteiger partial charge in [0.15, 0.2) is 0 Å². The standard InChI is InChI=1S/C11H24N2O2/c1-4-12-7-8-15-9-11(14)13-6-5-10(2)3/h10,12H,4-9H2,1-3H3,(H,13,14). The second kappa shape index (κ2) is 9.93. The highest BCUT2D eigenvalue weighted by Gasteiger charge is 2.00. The maximum absolute atomic E-state index is 11.2. The fourth-order valence-electron chi connectivity index (χ4n) is 1.04. The van der Waals surface area contributed by atoms with Gasteiger partial charge < -0.3 is 15.4 Å². The van der Waals surface area contributed by atoms with Crippen LogP contribution in [0.5, 0.6) is 0 Å². The normalized spacial score (nSPS) is 10.7. The first-order chi connectivity index (χ1) is 7.16. The number of ether oxygens (including phenoxy) is 1. The first-order valence-electron chi connectivity index (χ1n) is 5.72. The zero-order valence-corrected chi connectivity index (χ0v) is 10.1. The van der Waals surface area contributed by atoms with Gasteiger partial charge >= 0.3 is 0 Å². The highest BCUT2D eigenvalue weighted by Crippen LogP contribution is 1.95. The summed E-state index contributed by atoms with van der Waals surface area (Å²) >= 11 is 0. The summed E-state index contributed by atoms with van der Waals surface area (Å²) in [5.74, 6) is 0.604. The summed E-state index contributed by atoms with van der Waals surface area (Å²) < 4.78 is 5.18. The van der Waals surface area contributed by atoms with Crippen molar-refractivity contribution >= 4 is 5.91 Å². The lowest BCUT2D eigenvalue weighted by Crippen LogP contribution is -2.30. The number of carbonyl (C=O) groups is 1. The molecule has 0 unspecified atom stereocenters. The number of nitrogens with one attached hydrogen (secondary N) is 2. The molecule has 0 saturated carbocycles. The third-order valence-corrected chi connectivity index (χ3v) is 1.95. The number of carbonyl (C=O) groups excluding carboxylic acids is 1. The average molecular weight is 216 g/mol. The average Bonchev–Trinajstić information content (AvgIpc) is 2.17. The first-order valence-corrected chi connectivity index (χ1v) is 5.72. The van der Waals surface area contributed by atoms with E-state index in [-0.39, 0.29) is 12.5 Å². The van der Waals surface area contributed by atoms with Gasteiger partial charge in [0.1, 0.15) is 6.61 Å². The quantitative estimate of drug-likeness (QED) is 0.560. The number of hydrogen-bond donors (Lipinski definition) is 2. The van der Waals surface area contributed by atoms with Crippen LogP contribution in [0.1, 0.15) is 27.2 Å². The fourth-order valence-corrected chi connectivity index (χ4v) is 1.04. The Labute approximate surface area is 92.8 Å². The lowest BCUT2D eigenvalue weighted by atomic mass is 10.1. The van der Waals surface area contributed by atoms with Gasteiger partial charge in [0.05, 0.1) is 6.61 Å². The van der Waals surface area contributed by atoms with Crippen molar-refractivity contribution in [3.05, 3.63) is 0 Å². The van der Waals surface area contributed by atoms with Crippen LogP contribution in [0, 0.1) is 5.92 Å². The summed E-state index contributed by atoms with van der Waals surface area (Å²) in [5, 5.41) is 5.94. The lowest BCUT2D eigenvalue weighted by molar-refractivity contribution is -0.125. The Balaban J connectivity index is 3.19. The third kappa shape index (κ3) is 11.3. The van der Waals surface area contributed by atoms with Gasteiger partial charge in [-0.3, -0.25) is 4.79 Å². The Bertz CT molecular complexity index is 161. The molecule has 0 rings (SSSR count). The highest BCUT2D eigenvalue weighted by atomic mass is 16.5. The van der Waals surface area contributed by atoms with Gasteiger partial charge in [-0.1, -0.05) is 20.8 Å². The maximum atomic E-state index is 11.2. The monoisotopic (exact) mass is 216 g/mol. The molecular weight excluding hydrogens is 192 g/mol. The fraction of sp³-hybridized carbons (Fsp3) is 0.909. The Kier molecular flexibility index (Phi) is 9.52. The van der Waals surface area contributed by atoms with E-state index in [1.54, 1.807) is 0 Å². The highest BCUT2D eigenvalue weighted by molar-refractivity contribution is 5.77. The second-order valence-corrected chi connectivity index (χ2v) is 3.94. The van der Waals surface area contributed by atoms with Crippen LogP contribution in [-0.2, 0) is 9.53 Å². The van der Waals surface area contributed by atoms with Crippen LogP contribution in [-0.4, -0.2) is 38.8 Å². The summed E-state index contributed by atoms with van der Waals surface area (Å²) in [5.41, 5.74) is 0. The third-order valence-electron chi connectivity index (χ3n) is 1.95.